The van der Waals surface area contributed by atoms with Crippen molar-refractivity contribution >= 4 is 22.3 Å². The van der Waals surface area contributed by atoms with Crippen molar-refractivity contribution in [2.24, 2.45) is 0 Å². The third kappa shape index (κ3) is 1.84. The summed E-state index contributed by atoms with van der Waals surface area (Å²) in [5, 5.41) is 11.7. The number of rotatable bonds is 1. The van der Waals surface area contributed by atoms with E-state index in [-0.39, 0.29) is 5.43 Å². The van der Waals surface area contributed by atoms with Crippen LogP contribution in [0.1, 0.15) is 16.7 Å². The summed E-state index contributed by atoms with van der Waals surface area (Å²) >= 11 is 1.50. The third-order valence-corrected chi connectivity index (χ3v) is 4.30. The average molecular weight is 281 g/mol. The summed E-state index contributed by atoms with van der Waals surface area (Å²) in [7, 11) is 0. The van der Waals surface area contributed by atoms with E-state index >= 15 is 0 Å². The molecule has 0 saturated heterocycles. The van der Waals surface area contributed by atoms with Crippen LogP contribution in [0.25, 0.3) is 21.6 Å². The summed E-state index contributed by atoms with van der Waals surface area (Å²) < 4.78 is 5.83. The maximum atomic E-state index is 12.3. The van der Waals surface area contributed by atoms with Crippen molar-refractivity contribution in [3.63, 3.8) is 0 Å². The highest BCUT2D eigenvalue weighted by atomic mass is 32.1. The first-order chi connectivity index (χ1) is 9.61. The molecule has 0 aliphatic carbocycles. The van der Waals surface area contributed by atoms with Gasteiger partial charge in [-0.1, -0.05) is 6.07 Å². The zero-order valence-electron chi connectivity index (χ0n) is 11.1. The molecule has 0 spiro atoms. The molecule has 0 N–H and O–H groups in total. The topological polar surface area (TPSA) is 54.0 Å². The predicted molar refractivity (Wildman–Crippen MR) is 80.0 cm³/mol. The van der Waals surface area contributed by atoms with E-state index in [0.29, 0.717) is 22.3 Å². The van der Waals surface area contributed by atoms with E-state index in [1.54, 1.807) is 6.07 Å². The van der Waals surface area contributed by atoms with Gasteiger partial charge in [0.2, 0.25) is 0 Å². The van der Waals surface area contributed by atoms with Gasteiger partial charge in [0.25, 0.3) is 0 Å². The predicted octanol–water partition coefficient (Wildman–Crippen LogP) is 4.01. The first-order valence-corrected chi connectivity index (χ1v) is 7.02. The monoisotopic (exact) mass is 281 g/mol. The lowest BCUT2D eigenvalue weighted by atomic mass is 10.0. The standard InChI is InChI=1S/C16H11NO2S/c1-9-6-11-13(18)7-14(15-4-3-5-20-15)19-16(11)12(8-17)10(9)2/h3-7H,1-2H3. The number of aryl methyl sites for hydroxylation is 1. The summed E-state index contributed by atoms with van der Waals surface area (Å²) in [5.74, 6) is 0.511. The molecule has 0 amide bonds. The van der Waals surface area contributed by atoms with Crippen molar-refractivity contribution < 1.29 is 4.42 Å². The van der Waals surface area contributed by atoms with Gasteiger partial charge in [-0.3, -0.25) is 4.79 Å². The quantitative estimate of drug-likeness (QED) is 0.677. The van der Waals surface area contributed by atoms with Gasteiger partial charge in [-0.25, -0.2) is 0 Å². The number of fused-ring (bicyclic) bond motifs is 1. The SMILES string of the molecule is Cc1cc2c(=O)cc(-c3cccs3)oc2c(C#N)c1C. The van der Waals surface area contributed by atoms with Gasteiger partial charge < -0.3 is 4.42 Å². The van der Waals surface area contributed by atoms with Crippen molar-refractivity contribution in [2.45, 2.75) is 13.8 Å². The molecule has 0 bridgehead atoms. The Morgan fingerprint density at radius 2 is 2.10 bits per heavy atom. The van der Waals surface area contributed by atoms with Gasteiger partial charge in [-0.2, -0.15) is 5.26 Å². The van der Waals surface area contributed by atoms with Crippen LogP contribution in [-0.2, 0) is 0 Å². The fourth-order valence-electron chi connectivity index (χ4n) is 2.19. The Morgan fingerprint density at radius 1 is 1.30 bits per heavy atom. The van der Waals surface area contributed by atoms with Crippen LogP contribution in [-0.4, -0.2) is 0 Å². The molecule has 0 radical (unpaired) electrons. The highest BCUT2D eigenvalue weighted by Gasteiger charge is 2.14. The largest absolute Gasteiger partial charge is 0.454 e. The van der Waals surface area contributed by atoms with Crippen LogP contribution in [0, 0.1) is 25.2 Å². The molecule has 1 aromatic carbocycles. The number of nitriles is 1. The Kier molecular flexibility index (Phi) is 2.92. The molecule has 3 nitrogen and oxygen atoms in total. The lowest BCUT2D eigenvalue weighted by Gasteiger charge is -2.07. The Balaban J connectivity index is 2.45. The van der Waals surface area contributed by atoms with Gasteiger partial charge >= 0.3 is 0 Å². The van der Waals surface area contributed by atoms with Gasteiger partial charge in [0.15, 0.2) is 11.0 Å². The van der Waals surface area contributed by atoms with Crippen LogP contribution in [0.4, 0.5) is 0 Å². The van der Waals surface area contributed by atoms with E-state index < -0.39 is 0 Å². The van der Waals surface area contributed by atoms with E-state index in [1.807, 2.05) is 31.4 Å². The van der Waals surface area contributed by atoms with Crippen LogP contribution >= 0.6 is 11.3 Å². The van der Waals surface area contributed by atoms with E-state index in [9.17, 15) is 10.1 Å². The zero-order chi connectivity index (χ0) is 14.3. The Labute approximate surface area is 119 Å². The molecular weight excluding hydrogens is 270 g/mol. The van der Waals surface area contributed by atoms with Crippen molar-refractivity contribution in [3.05, 3.63) is 56.6 Å². The van der Waals surface area contributed by atoms with Crippen LogP contribution in [0.5, 0.6) is 0 Å². The highest BCUT2D eigenvalue weighted by Crippen LogP contribution is 2.29. The van der Waals surface area contributed by atoms with Crippen molar-refractivity contribution in [1.82, 2.24) is 0 Å². The second-order valence-corrected chi connectivity index (χ2v) is 5.58. The second kappa shape index (κ2) is 4.62. The molecule has 3 aromatic rings. The number of nitrogens with zero attached hydrogens (tertiary/aromatic N) is 1. The van der Waals surface area contributed by atoms with Gasteiger partial charge in [-0.05, 0) is 42.5 Å². The smallest absolute Gasteiger partial charge is 0.193 e. The summed E-state index contributed by atoms with van der Waals surface area (Å²) in [5.41, 5.74) is 2.48. The third-order valence-electron chi connectivity index (χ3n) is 3.41. The summed E-state index contributed by atoms with van der Waals surface area (Å²) in [6.45, 7) is 3.76. The summed E-state index contributed by atoms with van der Waals surface area (Å²) in [6, 6.07) is 9.22. The van der Waals surface area contributed by atoms with Gasteiger partial charge in [-0.15, -0.1) is 11.3 Å². The fraction of sp³-hybridized carbons (Fsp3) is 0.125. The van der Waals surface area contributed by atoms with Gasteiger partial charge in [0, 0.05) is 6.07 Å². The molecule has 4 heteroatoms. The van der Waals surface area contributed by atoms with Crippen LogP contribution < -0.4 is 5.43 Å². The van der Waals surface area contributed by atoms with Crippen LogP contribution in [0.3, 0.4) is 0 Å². The lowest BCUT2D eigenvalue weighted by molar-refractivity contribution is 0.619. The molecule has 3 rings (SSSR count). The molecule has 2 aromatic heterocycles. The molecule has 98 valence electrons. The molecule has 0 atom stereocenters. The van der Waals surface area contributed by atoms with E-state index in [2.05, 4.69) is 6.07 Å². The minimum absolute atomic E-state index is 0.116. The maximum Gasteiger partial charge on any atom is 0.193 e. The number of thiophene rings is 1. The van der Waals surface area contributed by atoms with Crippen molar-refractivity contribution in [2.75, 3.05) is 0 Å². The Hall–Kier alpha value is -2.38. The van der Waals surface area contributed by atoms with Crippen LogP contribution in [0.2, 0.25) is 0 Å². The van der Waals surface area contributed by atoms with Gasteiger partial charge in [0.1, 0.15) is 11.8 Å². The summed E-state index contributed by atoms with van der Waals surface area (Å²) in [6.07, 6.45) is 0. The fourth-order valence-corrected chi connectivity index (χ4v) is 2.87. The maximum absolute atomic E-state index is 12.3. The average Bonchev–Trinajstić information content (AvgIpc) is 2.95. The zero-order valence-corrected chi connectivity index (χ0v) is 11.9. The van der Waals surface area contributed by atoms with Crippen molar-refractivity contribution in [1.29, 1.82) is 5.26 Å². The molecule has 0 aliphatic rings. The van der Waals surface area contributed by atoms with E-state index in [4.69, 9.17) is 4.42 Å². The number of hydrogen-bond acceptors (Lipinski definition) is 4. The Bertz CT molecular complexity index is 899. The first kappa shape index (κ1) is 12.6. The van der Waals surface area contributed by atoms with Crippen LogP contribution in [0.15, 0.2) is 38.9 Å². The first-order valence-electron chi connectivity index (χ1n) is 6.14. The van der Waals surface area contributed by atoms with E-state index in [0.717, 1.165) is 16.0 Å². The Morgan fingerprint density at radius 3 is 2.75 bits per heavy atom. The van der Waals surface area contributed by atoms with Crippen molar-refractivity contribution in [3.8, 4) is 16.7 Å². The molecule has 20 heavy (non-hydrogen) atoms. The van der Waals surface area contributed by atoms with Gasteiger partial charge in [0.05, 0.1) is 15.8 Å². The lowest BCUT2D eigenvalue weighted by Crippen LogP contribution is -2.03. The second-order valence-electron chi connectivity index (χ2n) is 4.63. The molecule has 0 aliphatic heterocycles. The normalized spacial score (nSPS) is 10.7. The molecular formula is C16H11NO2S. The minimum atomic E-state index is -0.116. The minimum Gasteiger partial charge on any atom is -0.454 e. The van der Waals surface area contributed by atoms with E-state index in [1.165, 1.54) is 17.4 Å². The number of benzene rings is 1. The molecule has 0 unspecified atom stereocenters. The summed E-state index contributed by atoms with van der Waals surface area (Å²) in [4.78, 5) is 13.1. The molecule has 2 heterocycles. The molecule has 0 saturated carbocycles. The number of hydrogen-bond donors (Lipinski definition) is 0. The molecule has 0 fully saturated rings. The highest BCUT2D eigenvalue weighted by molar-refractivity contribution is 7.13.